The van der Waals surface area contributed by atoms with Crippen LogP contribution in [0.4, 0.5) is 0 Å². The van der Waals surface area contributed by atoms with Crippen molar-refractivity contribution in [2.24, 2.45) is 0 Å². The number of thiophene rings is 1. The van der Waals surface area contributed by atoms with E-state index in [9.17, 15) is 4.79 Å². The van der Waals surface area contributed by atoms with Gasteiger partial charge in [-0.2, -0.15) is 0 Å². The molecule has 0 aliphatic carbocycles. The molecule has 4 heteroatoms. The molecule has 0 N–H and O–H groups in total. The van der Waals surface area contributed by atoms with Crippen molar-refractivity contribution in [3.63, 3.8) is 0 Å². The summed E-state index contributed by atoms with van der Waals surface area (Å²) in [6, 6.07) is 12.1. The molecule has 0 bridgehead atoms. The van der Waals surface area contributed by atoms with Crippen LogP contribution in [0.1, 0.15) is 30.7 Å². The Morgan fingerprint density at radius 2 is 1.95 bits per heavy atom. The summed E-state index contributed by atoms with van der Waals surface area (Å²) in [6.45, 7) is 5.59. The van der Waals surface area contributed by atoms with Gasteiger partial charge in [0.15, 0.2) is 6.61 Å². The highest BCUT2D eigenvalue weighted by atomic mass is 32.1. The third-order valence-electron chi connectivity index (χ3n) is 3.49. The van der Waals surface area contributed by atoms with Gasteiger partial charge < -0.3 is 9.64 Å². The van der Waals surface area contributed by atoms with E-state index in [1.54, 1.807) is 11.3 Å². The van der Waals surface area contributed by atoms with Gasteiger partial charge in [0.25, 0.3) is 5.91 Å². The average molecular weight is 317 g/mol. The lowest BCUT2D eigenvalue weighted by Gasteiger charge is -2.20. The van der Waals surface area contributed by atoms with Gasteiger partial charge >= 0.3 is 0 Å². The van der Waals surface area contributed by atoms with E-state index < -0.39 is 0 Å². The van der Waals surface area contributed by atoms with E-state index in [4.69, 9.17) is 4.74 Å². The Labute approximate surface area is 136 Å². The molecule has 0 fully saturated rings. The fourth-order valence-corrected chi connectivity index (χ4v) is 2.96. The molecule has 0 aliphatic rings. The van der Waals surface area contributed by atoms with Crippen LogP contribution >= 0.6 is 11.3 Å². The predicted molar refractivity (Wildman–Crippen MR) is 91.3 cm³/mol. The zero-order chi connectivity index (χ0) is 15.8. The molecule has 2 rings (SSSR count). The number of rotatable bonds is 8. The van der Waals surface area contributed by atoms with Gasteiger partial charge in [-0.05, 0) is 42.5 Å². The second kappa shape index (κ2) is 8.59. The summed E-state index contributed by atoms with van der Waals surface area (Å²) >= 11 is 1.67. The number of ether oxygens (including phenoxy) is 1. The molecule has 1 aromatic heterocycles. The van der Waals surface area contributed by atoms with Crippen molar-refractivity contribution in [3.8, 4) is 5.75 Å². The van der Waals surface area contributed by atoms with Gasteiger partial charge in [-0.1, -0.05) is 31.5 Å². The van der Waals surface area contributed by atoms with Gasteiger partial charge in [-0.3, -0.25) is 4.79 Å². The third-order valence-corrected chi connectivity index (χ3v) is 4.35. The Kier molecular flexibility index (Phi) is 6.46. The molecule has 0 saturated carbocycles. The average Bonchev–Trinajstić information content (AvgIpc) is 3.05. The third kappa shape index (κ3) is 4.88. The Balaban J connectivity index is 1.85. The second-order valence-corrected chi connectivity index (χ2v) is 6.20. The number of aryl methyl sites for hydroxylation is 1. The van der Waals surface area contributed by atoms with Crippen LogP contribution in [0.3, 0.4) is 0 Å². The minimum absolute atomic E-state index is 0.0218. The van der Waals surface area contributed by atoms with Gasteiger partial charge in [0, 0.05) is 11.4 Å². The fraction of sp³-hybridized carbons (Fsp3) is 0.389. The van der Waals surface area contributed by atoms with Crippen molar-refractivity contribution in [2.45, 2.75) is 33.2 Å². The summed E-state index contributed by atoms with van der Waals surface area (Å²) in [5.41, 5.74) is 1.30. The summed E-state index contributed by atoms with van der Waals surface area (Å²) in [7, 11) is 0. The monoisotopic (exact) mass is 317 g/mol. The number of likely N-dealkylation sites (N-methyl/N-ethyl adjacent to an activating group) is 1. The lowest BCUT2D eigenvalue weighted by Crippen LogP contribution is -2.34. The summed E-state index contributed by atoms with van der Waals surface area (Å²) in [6.07, 6.45) is 2.20. The fourth-order valence-electron chi connectivity index (χ4n) is 2.24. The smallest absolute Gasteiger partial charge is 0.260 e. The Morgan fingerprint density at radius 3 is 2.55 bits per heavy atom. The molecule has 22 heavy (non-hydrogen) atoms. The molecule has 0 atom stereocenters. The predicted octanol–water partition coefficient (Wildman–Crippen LogP) is 4.13. The Morgan fingerprint density at radius 1 is 1.18 bits per heavy atom. The van der Waals surface area contributed by atoms with Crippen molar-refractivity contribution in [1.29, 1.82) is 0 Å². The summed E-state index contributed by atoms with van der Waals surface area (Å²) in [5.74, 6) is 0.772. The topological polar surface area (TPSA) is 29.5 Å². The molecule has 0 unspecified atom stereocenters. The molecule has 2 aromatic rings. The highest BCUT2D eigenvalue weighted by Crippen LogP contribution is 2.15. The van der Waals surface area contributed by atoms with Crippen molar-refractivity contribution in [1.82, 2.24) is 4.90 Å². The van der Waals surface area contributed by atoms with Crippen LogP contribution in [0, 0.1) is 0 Å². The Hall–Kier alpha value is -1.81. The van der Waals surface area contributed by atoms with Crippen LogP contribution in [-0.2, 0) is 17.8 Å². The van der Waals surface area contributed by atoms with Gasteiger partial charge in [0.05, 0.1) is 6.54 Å². The number of carbonyl (C=O) groups excluding carboxylic acids is 1. The zero-order valence-electron chi connectivity index (χ0n) is 13.2. The normalized spacial score (nSPS) is 10.5. The molecule has 1 aromatic carbocycles. The van der Waals surface area contributed by atoms with Crippen molar-refractivity contribution in [3.05, 3.63) is 52.2 Å². The zero-order valence-corrected chi connectivity index (χ0v) is 14.1. The van der Waals surface area contributed by atoms with E-state index in [1.165, 1.54) is 10.4 Å². The first-order chi connectivity index (χ1) is 10.7. The first kappa shape index (κ1) is 16.6. The van der Waals surface area contributed by atoms with Crippen LogP contribution in [0.2, 0.25) is 0 Å². The maximum absolute atomic E-state index is 12.2. The van der Waals surface area contributed by atoms with Gasteiger partial charge in [-0.15, -0.1) is 11.3 Å². The van der Waals surface area contributed by atoms with E-state index in [2.05, 4.69) is 19.1 Å². The van der Waals surface area contributed by atoms with Crippen molar-refractivity contribution >= 4 is 17.2 Å². The highest BCUT2D eigenvalue weighted by Gasteiger charge is 2.13. The minimum atomic E-state index is 0.0218. The van der Waals surface area contributed by atoms with Crippen LogP contribution in [0.25, 0.3) is 0 Å². The lowest BCUT2D eigenvalue weighted by atomic mass is 10.1. The molecule has 0 radical (unpaired) electrons. The molecule has 3 nitrogen and oxygen atoms in total. The summed E-state index contributed by atoms with van der Waals surface area (Å²) < 4.78 is 5.62. The van der Waals surface area contributed by atoms with Crippen molar-refractivity contribution in [2.75, 3.05) is 13.2 Å². The number of hydrogen-bond donors (Lipinski definition) is 0. The Bertz CT molecular complexity index is 563. The van der Waals surface area contributed by atoms with E-state index in [-0.39, 0.29) is 12.5 Å². The first-order valence-electron chi connectivity index (χ1n) is 7.74. The molecular formula is C18H23NO2S. The van der Waals surface area contributed by atoms with Gasteiger partial charge in [0.1, 0.15) is 5.75 Å². The number of amides is 1. The van der Waals surface area contributed by atoms with E-state index >= 15 is 0 Å². The number of hydrogen-bond acceptors (Lipinski definition) is 3. The maximum Gasteiger partial charge on any atom is 0.260 e. The van der Waals surface area contributed by atoms with Crippen LogP contribution in [0.5, 0.6) is 5.75 Å². The standard InChI is InChI=1S/C18H23NO2S/c1-3-6-15-8-10-16(11-9-15)21-14-18(20)19(4-2)13-17-7-5-12-22-17/h5,7-12H,3-4,6,13-14H2,1-2H3. The van der Waals surface area contributed by atoms with E-state index in [0.717, 1.165) is 18.6 Å². The summed E-state index contributed by atoms with van der Waals surface area (Å²) in [4.78, 5) is 15.3. The minimum Gasteiger partial charge on any atom is -0.484 e. The van der Waals surface area contributed by atoms with Gasteiger partial charge in [0.2, 0.25) is 0 Å². The molecule has 1 amide bonds. The molecule has 0 aliphatic heterocycles. The van der Waals surface area contributed by atoms with Gasteiger partial charge in [-0.25, -0.2) is 0 Å². The van der Waals surface area contributed by atoms with E-state index in [0.29, 0.717) is 13.1 Å². The molecular weight excluding hydrogens is 294 g/mol. The largest absolute Gasteiger partial charge is 0.484 e. The number of benzene rings is 1. The van der Waals surface area contributed by atoms with Crippen LogP contribution in [-0.4, -0.2) is 24.0 Å². The first-order valence-corrected chi connectivity index (χ1v) is 8.62. The lowest BCUT2D eigenvalue weighted by molar-refractivity contribution is -0.133. The molecule has 0 saturated heterocycles. The molecule has 1 heterocycles. The maximum atomic E-state index is 12.2. The number of nitrogens with zero attached hydrogens (tertiary/aromatic N) is 1. The molecule has 118 valence electrons. The quantitative estimate of drug-likeness (QED) is 0.732. The number of carbonyl (C=O) groups is 1. The van der Waals surface area contributed by atoms with Crippen LogP contribution < -0.4 is 4.74 Å². The van der Waals surface area contributed by atoms with Crippen molar-refractivity contribution < 1.29 is 9.53 Å². The van der Waals surface area contributed by atoms with Crippen LogP contribution in [0.15, 0.2) is 41.8 Å². The van der Waals surface area contributed by atoms with E-state index in [1.807, 2.05) is 41.5 Å². The molecule has 0 spiro atoms. The highest BCUT2D eigenvalue weighted by molar-refractivity contribution is 7.09. The second-order valence-electron chi connectivity index (χ2n) is 5.17. The summed E-state index contributed by atoms with van der Waals surface area (Å²) in [5, 5.41) is 2.03. The SMILES string of the molecule is CCCc1ccc(OCC(=O)N(CC)Cc2cccs2)cc1.